The van der Waals surface area contributed by atoms with E-state index in [1.54, 1.807) is 6.07 Å². The molecule has 1 fully saturated rings. The summed E-state index contributed by atoms with van der Waals surface area (Å²) < 4.78 is 0.786. The second kappa shape index (κ2) is 6.26. The third kappa shape index (κ3) is 3.72. The first-order valence-corrected chi connectivity index (χ1v) is 7.36. The molecule has 0 radical (unpaired) electrons. The van der Waals surface area contributed by atoms with Gasteiger partial charge in [0, 0.05) is 4.47 Å². The fourth-order valence-corrected chi connectivity index (χ4v) is 3.03. The molecule has 5 nitrogen and oxygen atoms in total. The average Bonchev–Trinajstić information content (AvgIpc) is 2.79. The summed E-state index contributed by atoms with van der Waals surface area (Å²) in [7, 11) is 0. The molecule has 1 aliphatic carbocycles. The van der Waals surface area contributed by atoms with Crippen LogP contribution in [0.3, 0.4) is 0 Å². The Kier molecular flexibility index (Phi) is 4.65. The van der Waals surface area contributed by atoms with Crippen molar-refractivity contribution in [2.24, 2.45) is 0 Å². The van der Waals surface area contributed by atoms with Crippen molar-refractivity contribution in [1.29, 1.82) is 0 Å². The van der Waals surface area contributed by atoms with Gasteiger partial charge in [0.2, 0.25) is 0 Å². The number of carboxylic acid groups (broad SMARTS) is 1. The third-order valence-electron chi connectivity index (χ3n) is 3.55. The highest BCUT2D eigenvalue weighted by atomic mass is 79.9. The van der Waals surface area contributed by atoms with Crippen molar-refractivity contribution in [3.63, 3.8) is 0 Å². The maximum absolute atomic E-state index is 12.1. The second-order valence-electron chi connectivity index (χ2n) is 5.12. The molecule has 2 rings (SSSR count). The van der Waals surface area contributed by atoms with Crippen LogP contribution in [0.15, 0.2) is 28.7 Å². The molecule has 0 bridgehead atoms. The van der Waals surface area contributed by atoms with Crippen molar-refractivity contribution in [3.8, 4) is 0 Å². The lowest BCUT2D eigenvalue weighted by Gasteiger charge is -2.28. The van der Waals surface area contributed by atoms with Crippen molar-refractivity contribution >= 4 is 33.6 Å². The number of carboxylic acids is 1. The third-order valence-corrected chi connectivity index (χ3v) is 4.24. The van der Waals surface area contributed by atoms with Gasteiger partial charge in [-0.1, -0.05) is 25.0 Å². The zero-order valence-electron chi connectivity index (χ0n) is 11.0. The van der Waals surface area contributed by atoms with Crippen molar-refractivity contribution < 1.29 is 14.7 Å². The average molecular weight is 341 g/mol. The summed E-state index contributed by atoms with van der Waals surface area (Å²) in [5.41, 5.74) is 0.0467. The summed E-state index contributed by atoms with van der Waals surface area (Å²) in [6.07, 6.45) is 3.28. The van der Waals surface area contributed by atoms with Crippen LogP contribution >= 0.6 is 15.9 Å². The molecule has 0 heterocycles. The van der Waals surface area contributed by atoms with Crippen molar-refractivity contribution in [1.82, 2.24) is 5.32 Å². The molecule has 1 aliphatic rings. The fraction of sp³-hybridized carbons (Fsp3) is 0.429. The van der Waals surface area contributed by atoms with Crippen molar-refractivity contribution in [3.05, 3.63) is 28.7 Å². The van der Waals surface area contributed by atoms with E-state index in [0.29, 0.717) is 18.5 Å². The summed E-state index contributed by atoms with van der Waals surface area (Å²) in [6, 6.07) is 6.93. The van der Waals surface area contributed by atoms with Crippen molar-refractivity contribution in [2.45, 2.75) is 37.6 Å². The topological polar surface area (TPSA) is 78.4 Å². The second-order valence-corrected chi connectivity index (χ2v) is 5.97. The zero-order valence-corrected chi connectivity index (χ0v) is 12.6. The molecule has 108 valence electrons. The SMILES string of the molecule is O=C(O)CC1(NC(=O)Nc2ccccc2Br)CCCC1. The molecule has 0 aliphatic heterocycles. The standard InChI is InChI=1S/C14H17BrN2O3/c15-10-5-1-2-6-11(10)16-13(20)17-14(9-12(18)19)7-3-4-8-14/h1-2,5-6H,3-4,7-9H2,(H,18,19)(H2,16,17,20). The first-order valence-electron chi connectivity index (χ1n) is 6.56. The summed E-state index contributed by atoms with van der Waals surface area (Å²) >= 11 is 3.35. The number of anilines is 1. The molecular formula is C14H17BrN2O3. The predicted octanol–water partition coefficient (Wildman–Crippen LogP) is 3.36. The lowest BCUT2D eigenvalue weighted by molar-refractivity contribution is -0.138. The molecule has 6 heteroatoms. The maximum Gasteiger partial charge on any atom is 0.319 e. The minimum Gasteiger partial charge on any atom is -0.481 e. The highest BCUT2D eigenvalue weighted by Gasteiger charge is 2.37. The van der Waals surface area contributed by atoms with Crippen LogP contribution in [0.2, 0.25) is 0 Å². The number of halogens is 1. The number of benzene rings is 1. The summed E-state index contributed by atoms with van der Waals surface area (Å²) in [6.45, 7) is 0. The Morgan fingerprint density at radius 3 is 2.50 bits per heavy atom. The maximum atomic E-state index is 12.1. The van der Waals surface area contributed by atoms with Gasteiger partial charge in [-0.15, -0.1) is 0 Å². The number of urea groups is 1. The summed E-state index contributed by atoms with van der Waals surface area (Å²) in [4.78, 5) is 23.0. The van der Waals surface area contributed by atoms with Gasteiger partial charge in [0.1, 0.15) is 0 Å². The van der Waals surface area contributed by atoms with Crippen LogP contribution in [0, 0.1) is 0 Å². The molecule has 20 heavy (non-hydrogen) atoms. The fourth-order valence-electron chi connectivity index (χ4n) is 2.64. The van der Waals surface area contributed by atoms with Crippen LogP contribution < -0.4 is 10.6 Å². The van der Waals surface area contributed by atoms with Gasteiger partial charge in [0.25, 0.3) is 0 Å². The van der Waals surface area contributed by atoms with Gasteiger partial charge in [-0.05, 0) is 40.9 Å². The molecule has 0 saturated heterocycles. The number of para-hydroxylation sites is 1. The number of nitrogens with one attached hydrogen (secondary N) is 2. The van der Waals surface area contributed by atoms with Gasteiger partial charge in [0.05, 0.1) is 17.6 Å². The number of rotatable bonds is 4. The Labute approximate surface area is 125 Å². The van der Waals surface area contributed by atoms with E-state index in [2.05, 4.69) is 26.6 Å². The highest BCUT2D eigenvalue weighted by molar-refractivity contribution is 9.10. The minimum absolute atomic E-state index is 0.0314. The van der Waals surface area contributed by atoms with Crippen LogP contribution in [0.25, 0.3) is 0 Å². The summed E-state index contributed by atoms with van der Waals surface area (Å²) in [5.74, 6) is -0.881. The van der Waals surface area contributed by atoms with E-state index < -0.39 is 11.5 Å². The van der Waals surface area contributed by atoms with Gasteiger partial charge in [-0.3, -0.25) is 4.79 Å². The lowest BCUT2D eigenvalue weighted by atomic mass is 9.93. The molecule has 2 amide bonds. The molecule has 0 spiro atoms. The lowest BCUT2D eigenvalue weighted by Crippen LogP contribution is -2.49. The molecule has 1 aromatic rings. The van der Waals surface area contributed by atoms with Crippen LogP contribution in [-0.2, 0) is 4.79 Å². The number of carbonyl (C=O) groups is 2. The first-order chi connectivity index (χ1) is 9.51. The Morgan fingerprint density at radius 2 is 1.90 bits per heavy atom. The smallest absolute Gasteiger partial charge is 0.319 e. The number of amides is 2. The van der Waals surface area contributed by atoms with E-state index in [1.165, 1.54) is 0 Å². The van der Waals surface area contributed by atoms with Crippen LogP contribution in [0.4, 0.5) is 10.5 Å². The van der Waals surface area contributed by atoms with Gasteiger partial charge in [-0.2, -0.15) is 0 Å². The van der Waals surface area contributed by atoms with Crippen LogP contribution in [-0.4, -0.2) is 22.6 Å². The summed E-state index contributed by atoms with van der Waals surface area (Å²) in [5, 5.41) is 14.6. The number of hydrogen-bond donors (Lipinski definition) is 3. The Balaban J connectivity index is 2.02. The monoisotopic (exact) mass is 340 g/mol. The molecule has 0 atom stereocenters. The molecule has 1 saturated carbocycles. The number of hydrogen-bond acceptors (Lipinski definition) is 2. The predicted molar refractivity (Wildman–Crippen MR) is 79.7 cm³/mol. The molecular weight excluding hydrogens is 324 g/mol. The first kappa shape index (κ1) is 14.8. The number of carbonyl (C=O) groups excluding carboxylic acids is 1. The Morgan fingerprint density at radius 1 is 1.25 bits per heavy atom. The largest absolute Gasteiger partial charge is 0.481 e. The van der Waals surface area contributed by atoms with Crippen molar-refractivity contribution in [2.75, 3.05) is 5.32 Å². The van der Waals surface area contributed by atoms with E-state index in [0.717, 1.165) is 17.3 Å². The molecule has 0 unspecified atom stereocenters. The highest BCUT2D eigenvalue weighted by Crippen LogP contribution is 2.33. The van der Waals surface area contributed by atoms with Gasteiger partial charge < -0.3 is 15.7 Å². The normalized spacial score (nSPS) is 16.6. The van der Waals surface area contributed by atoms with E-state index in [9.17, 15) is 9.59 Å². The Hall–Kier alpha value is -1.56. The van der Waals surface area contributed by atoms with Gasteiger partial charge in [-0.25, -0.2) is 4.79 Å². The Bertz CT molecular complexity index is 513. The molecule has 0 aromatic heterocycles. The zero-order chi connectivity index (χ0) is 14.6. The van der Waals surface area contributed by atoms with Gasteiger partial charge in [0.15, 0.2) is 0 Å². The van der Waals surface area contributed by atoms with E-state index in [-0.39, 0.29) is 12.5 Å². The van der Waals surface area contributed by atoms with Gasteiger partial charge >= 0.3 is 12.0 Å². The van der Waals surface area contributed by atoms with Crippen LogP contribution in [0.5, 0.6) is 0 Å². The van der Waals surface area contributed by atoms with E-state index >= 15 is 0 Å². The quantitative estimate of drug-likeness (QED) is 0.786. The molecule has 3 N–H and O–H groups in total. The van der Waals surface area contributed by atoms with E-state index in [4.69, 9.17) is 5.11 Å². The number of aliphatic carboxylic acids is 1. The minimum atomic E-state index is -0.881. The van der Waals surface area contributed by atoms with Crippen LogP contribution in [0.1, 0.15) is 32.1 Å². The van der Waals surface area contributed by atoms with E-state index in [1.807, 2.05) is 18.2 Å². The molecule has 1 aromatic carbocycles.